The number of thioether (sulfide) groups is 1. The number of hydrogen-bond acceptors (Lipinski definition) is 1. The second-order valence-corrected chi connectivity index (χ2v) is 5.51. The summed E-state index contributed by atoms with van der Waals surface area (Å²) in [7, 11) is 0. The molecule has 0 N–H and O–H groups in total. The van der Waals surface area contributed by atoms with E-state index in [0.717, 1.165) is 6.42 Å². The second-order valence-electron chi connectivity index (χ2n) is 4.24. The summed E-state index contributed by atoms with van der Waals surface area (Å²) in [6, 6.07) is 19.5. The molecule has 1 heteroatoms. The van der Waals surface area contributed by atoms with E-state index in [2.05, 4.69) is 68.4 Å². The molecule has 0 saturated carbocycles. The molecule has 0 fully saturated rings. The van der Waals surface area contributed by atoms with E-state index >= 15 is 0 Å². The molecular weight excluding hydrogens is 224 g/mol. The van der Waals surface area contributed by atoms with E-state index in [0.29, 0.717) is 5.25 Å². The minimum absolute atomic E-state index is 0.555. The van der Waals surface area contributed by atoms with E-state index in [4.69, 9.17) is 0 Å². The molecule has 0 nitrogen and oxygen atoms in total. The van der Waals surface area contributed by atoms with E-state index in [-0.39, 0.29) is 0 Å². The van der Waals surface area contributed by atoms with Crippen LogP contribution in [0, 0.1) is 6.92 Å². The van der Waals surface area contributed by atoms with Crippen LogP contribution in [0.3, 0.4) is 0 Å². The minimum Gasteiger partial charge on any atom is -0.118 e. The molecule has 17 heavy (non-hydrogen) atoms. The molecule has 0 aliphatic rings. The van der Waals surface area contributed by atoms with Crippen LogP contribution in [0.4, 0.5) is 0 Å². The maximum Gasteiger partial charge on any atom is 0.0341 e. The van der Waals surface area contributed by atoms with Crippen LogP contribution in [0.5, 0.6) is 0 Å². The van der Waals surface area contributed by atoms with Crippen LogP contribution in [0.25, 0.3) is 0 Å². The summed E-state index contributed by atoms with van der Waals surface area (Å²) in [4.78, 5) is 1.35. The van der Waals surface area contributed by atoms with E-state index in [1.807, 2.05) is 11.8 Å². The van der Waals surface area contributed by atoms with Gasteiger partial charge in [0.15, 0.2) is 0 Å². The molecule has 0 bridgehead atoms. The summed E-state index contributed by atoms with van der Waals surface area (Å²) in [5.74, 6) is 0. The first-order valence-electron chi connectivity index (χ1n) is 6.08. The average Bonchev–Trinajstić information content (AvgIpc) is 2.39. The van der Waals surface area contributed by atoms with Gasteiger partial charge >= 0.3 is 0 Å². The first-order valence-corrected chi connectivity index (χ1v) is 6.96. The Morgan fingerprint density at radius 2 is 1.59 bits per heavy atom. The Morgan fingerprint density at radius 3 is 2.18 bits per heavy atom. The predicted octanol–water partition coefficient (Wildman–Crippen LogP) is 5.24. The highest BCUT2D eigenvalue weighted by Crippen LogP contribution is 2.37. The molecule has 0 aliphatic heterocycles. The number of benzene rings is 2. The van der Waals surface area contributed by atoms with Crippen molar-refractivity contribution < 1.29 is 0 Å². The molecule has 88 valence electrons. The third kappa shape index (κ3) is 3.37. The molecule has 2 rings (SSSR count). The third-order valence-electron chi connectivity index (χ3n) is 2.84. The van der Waals surface area contributed by atoms with Crippen molar-refractivity contribution in [3.8, 4) is 0 Å². The summed E-state index contributed by atoms with van der Waals surface area (Å²) in [5.41, 5.74) is 2.74. The molecule has 1 unspecified atom stereocenters. The van der Waals surface area contributed by atoms with E-state index in [1.54, 1.807) is 0 Å². The summed E-state index contributed by atoms with van der Waals surface area (Å²) in [6.45, 7) is 4.38. The van der Waals surface area contributed by atoms with Crippen LogP contribution < -0.4 is 0 Å². The van der Waals surface area contributed by atoms with Crippen LogP contribution in [-0.2, 0) is 0 Å². The fourth-order valence-corrected chi connectivity index (χ4v) is 2.92. The molecule has 2 aromatic rings. The van der Waals surface area contributed by atoms with E-state index < -0.39 is 0 Å². The Bertz CT molecular complexity index is 445. The molecular formula is C16H18S. The highest BCUT2D eigenvalue weighted by Gasteiger charge is 2.10. The molecule has 0 radical (unpaired) electrons. The standard InChI is InChI=1S/C16H18S/c1-3-16(14-7-5-4-6-8-14)17-15-11-9-13(2)10-12-15/h4-12,16H,3H2,1-2H3. The number of hydrogen-bond donors (Lipinski definition) is 0. The molecule has 0 aliphatic carbocycles. The lowest BCUT2D eigenvalue weighted by atomic mass is 10.1. The molecule has 0 heterocycles. The van der Waals surface area contributed by atoms with Gasteiger partial charge in [0.05, 0.1) is 0 Å². The van der Waals surface area contributed by atoms with Gasteiger partial charge in [-0.25, -0.2) is 0 Å². The summed E-state index contributed by atoms with van der Waals surface area (Å²) < 4.78 is 0. The Morgan fingerprint density at radius 1 is 0.941 bits per heavy atom. The second kappa shape index (κ2) is 5.92. The number of aryl methyl sites for hydroxylation is 1. The van der Waals surface area contributed by atoms with Crippen molar-refractivity contribution in [2.45, 2.75) is 30.4 Å². The van der Waals surface area contributed by atoms with Gasteiger partial charge in [-0.3, -0.25) is 0 Å². The first-order chi connectivity index (χ1) is 8.29. The van der Waals surface area contributed by atoms with Gasteiger partial charge in [-0.2, -0.15) is 0 Å². The van der Waals surface area contributed by atoms with E-state index in [1.165, 1.54) is 16.0 Å². The highest BCUT2D eigenvalue weighted by molar-refractivity contribution is 7.99. The lowest BCUT2D eigenvalue weighted by Gasteiger charge is -2.15. The zero-order chi connectivity index (χ0) is 12.1. The normalized spacial score (nSPS) is 12.4. The Hall–Kier alpha value is -1.21. The topological polar surface area (TPSA) is 0 Å². The SMILES string of the molecule is CCC(Sc1ccc(C)cc1)c1ccccc1. The first kappa shape index (κ1) is 12.3. The van der Waals surface area contributed by atoms with Gasteiger partial charge in [0.25, 0.3) is 0 Å². The molecule has 0 saturated heterocycles. The van der Waals surface area contributed by atoms with E-state index in [9.17, 15) is 0 Å². The predicted molar refractivity (Wildman–Crippen MR) is 76.5 cm³/mol. The maximum absolute atomic E-state index is 2.25. The molecule has 0 amide bonds. The van der Waals surface area contributed by atoms with Crippen LogP contribution in [0.2, 0.25) is 0 Å². The monoisotopic (exact) mass is 242 g/mol. The van der Waals surface area contributed by atoms with Crippen molar-refractivity contribution in [3.05, 3.63) is 65.7 Å². The molecule has 2 aromatic carbocycles. The van der Waals surface area contributed by atoms with Gasteiger partial charge < -0.3 is 0 Å². The van der Waals surface area contributed by atoms with Crippen LogP contribution in [-0.4, -0.2) is 0 Å². The van der Waals surface area contributed by atoms with Gasteiger partial charge in [-0.05, 0) is 31.0 Å². The highest BCUT2D eigenvalue weighted by atomic mass is 32.2. The van der Waals surface area contributed by atoms with Gasteiger partial charge in [0.2, 0.25) is 0 Å². The lowest BCUT2D eigenvalue weighted by Crippen LogP contribution is -1.91. The quantitative estimate of drug-likeness (QED) is 0.661. The summed E-state index contributed by atoms with van der Waals surface area (Å²) in [5, 5.41) is 0.555. The van der Waals surface area contributed by atoms with Crippen molar-refractivity contribution in [3.63, 3.8) is 0 Å². The van der Waals surface area contributed by atoms with Crippen molar-refractivity contribution >= 4 is 11.8 Å². The van der Waals surface area contributed by atoms with Crippen LogP contribution in [0.1, 0.15) is 29.7 Å². The minimum atomic E-state index is 0.555. The number of rotatable bonds is 4. The Balaban J connectivity index is 2.13. The van der Waals surface area contributed by atoms with Crippen molar-refractivity contribution in [2.24, 2.45) is 0 Å². The molecule has 0 spiro atoms. The zero-order valence-corrected chi connectivity index (χ0v) is 11.2. The average molecular weight is 242 g/mol. The maximum atomic E-state index is 2.25. The molecule has 1 atom stereocenters. The fraction of sp³-hybridized carbons (Fsp3) is 0.250. The summed E-state index contributed by atoms with van der Waals surface area (Å²) in [6.07, 6.45) is 1.16. The Kier molecular flexibility index (Phi) is 4.27. The van der Waals surface area contributed by atoms with Gasteiger partial charge in [0.1, 0.15) is 0 Å². The van der Waals surface area contributed by atoms with Gasteiger partial charge in [-0.15, -0.1) is 11.8 Å². The zero-order valence-electron chi connectivity index (χ0n) is 10.4. The van der Waals surface area contributed by atoms with Gasteiger partial charge in [-0.1, -0.05) is 55.0 Å². The third-order valence-corrected chi connectivity index (χ3v) is 4.28. The smallest absolute Gasteiger partial charge is 0.0341 e. The molecule has 0 aromatic heterocycles. The van der Waals surface area contributed by atoms with Crippen molar-refractivity contribution in [1.82, 2.24) is 0 Å². The lowest BCUT2D eigenvalue weighted by molar-refractivity contribution is 0.895. The van der Waals surface area contributed by atoms with Crippen molar-refractivity contribution in [2.75, 3.05) is 0 Å². The summed E-state index contributed by atoms with van der Waals surface area (Å²) >= 11 is 1.95. The van der Waals surface area contributed by atoms with Crippen molar-refractivity contribution in [1.29, 1.82) is 0 Å². The fourth-order valence-electron chi connectivity index (χ4n) is 1.84. The van der Waals surface area contributed by atoms with Crippen LogP contribution >= 0.6 is 11.8 Å². The van der Waals surface area contributed by atoms with Gasteiger partial charge in [0, 0.05) is 10.1 Å². The largest absolute Gasteiger partial charge is 0.118 e. The Labute approximate surface area is 108 Å². The van der Waals surface area contributed by atoms with Crippen LogP contribution in [0.15, 0.2) is 59.5 Å².